The van der Waals surface area contributed by atoms with E-state index in [1.54, 1.807) is 0 Å². The molecule has 3 heteroatoms. The monoisotopic (exact) mass is 297 g/mol. The van der Waals surface area contributed by atoms with Crippen LogP contribution >= 0.6 is 15.9 Å². The SMILES string of the molecule is CCC(C)CC(=O)Nc1cc(C)c(Br)c(C)c1. The van der Waals surface area contributed by atoms with Crippen molar-refractivity contribution in [2.45, 2.75) is 40.5 Å². The third kappa shape index (κ3) is 4.15. The third-order valence-electron chi connectivity index (χ3n) is 2.95. The van der Waals surface area contributed by atoms with Crippen molar-refractivity contribution in [3.63, 3.8) is 0 Å². The van der Waals surface area contributed by atoms with Crippen LogP contribution in [0.2, 0.25) is 0 Å². The van der Waals surface area contributed by atoms with E-state index in [-0.39, 0.29) is 5.91 Å². The molecule has 0 aliphatic carbocycles. The molecule has 0 fully saturated rings. The first-order valence-electron chi connectivity index (χ1n) is 6.00. The molecule has 0 saturated heterocycles. The Bertz CT molecular complexity index is 392. The van der Waals surface area contributed by atoms with Crippen molar-refractivity contribution in [3.8, 4) is 0 Å². The van der Waals surface area contributed by atoms with Gasteiger partial charge in [0.25, 0.3) is 0 Å². The van der Waals surface area contributed by atoms with Crippen LogP contribution in [-0.2, 0) is 4.79 Å². The van der Waals surface area contributed by atoms with Crippen molar-refractivity contribution in [3.05, 3.63) is 27.7 Å². The fourth-order valence-corrected chi connectivity index (χ4v) is 1.92. The Labute approximate surface area is 112 Å². The lowest BCUT2D eigenvalue weighted by Crippen LogP contribution is -2.15. The number of rotatable bonds is 4. The average molecular weight is 298 g/mol. The first kappa shape index (κ1) is 14.2. The number of anilines is 1. The van der Waals surface area contributed by atoms with Crippen molar-refractivity contribution in [1.29, 1.82) is 0 Å². The number of carbonyl (C=O) groups is 1. The largest absolute Gasteiger partial charge is 0.326 e. The molecule has 94 valence electrons. The van der Waals surface area contributed by atoms with E-state index in [4.69, 9.17) is 0 Å². The molecule has 1 N–H and O–H groups in total. The topological polar surface area (TPSA) is 29.1 Å². The molecular formula is C14H20BrNO. The van der Waals surface area contributed by atoms with Crippen LogP contribution in [-0.4, -0.2) is 5.91 Å². The molecule has 0 bridgehead atoms. The second kappa shape index (κ2) is 6.20. The van der Waals surface area contributed by atoms with E-state index < -0.39 is 0 Å². The second-order valence-corrected chi connectivity index (χ2v) is 5.48. The van der Waals surface area contributed by atoms with Gasteiger partial charge in [-0.1, -0.05) is 36.2 Å². The van der Waals surface area contributed by atoms with Gasteiger partial charge in [-0.15, -0.1) is 0 Å². The minimum atomic E-state index is 0.0977. The molecule has 17 heavy (non-hydrogen) atoms. The van der Waals surface area contributed by atoms with Crippen molar-refractivity contribution in [1.82, 2.24) is 0 Å². The first-order valence-corrected chi connectivity index (χ1v) is 6.80. The highest BCUT2D eigenvalue weighted by Crippen LogP contribution is 2.25. The summed E-state index contributed by atoms with van der Waals surface area (Å²) in [6.45, 7) is 8.26. The van der Waals surface area contributed by atoms with Crippen molar-refractivity contribution in [2.24, 2.45) is 5.92 Å². The molecule has 1 aromatic carbocycles. The van der Waals surface area contributed by atoms with E-state index >= 15 is 0 Å². The number of amides is 1. The van der Waals surface area contributed by atoms with Gasteiger partial charge in [-0.25, -0.2) is 0 Å². The lowest BCUT2D eigenvalue weighted by Gasteiger charge is -2.11. The highest BCUT2D eigenvalue weighted by atomic mass is 79.9. The number of nitrogens with one attached hydrogen (secondary N) is 1. The van der Waals surface area contributed by atoms with Gasteiger partial charge in [0.15, 0.2) is 0 Å². The number of halogens is 1. The van der Waals surface area contributed by atoms with E-state index in [0.717, 1.165) is 27.7 Å². The molecule has 0 heterocycles. The third-order valence-corrected chi connectivity index (χ3v) is 4.20. The molecule has 1 aromatic rings. The lowest BCUT2D eigenvalue weighted by atomic mass is 10.0. The van der Waals surface area contributed by atoms with Gasteiger partial charge in [-0.3, -0.25) is 4.79 Å². The molecule has 0 spiro atoms. The number of aryl methyl sites for hydroxylation is 2. The van der Waals surface area contributed by atoms with Gasteiger partial charge >= 0.3 is 0 Å². The Hall–Kier alpha value is -0.830. The Morgan fingerprint density at radius 1 is 1.35 bits per heavy atom. The van der Waals surface area contributed by atoms with Crippen LogP contribution in [0.4, 0.5) is 5.69 Å². The molecule has 0 saturated carbocycles. The van der Waals surface area contributed by atoms with Gasteiger partial charge in [0.1, 0.15) is 0 Å². The van der Waals surface area contributed by atoms with Crippen molar-refractivity contribution < 1.29 is 4.79 Å². The summed E-state index contributed by atoms with van der Waals surface area (Å²) in [6, 6.07) is 3.98. The van der Waals surface area contributed by atoms with Gasteiger partial charge in [0, 0.05) is 16.6 Å². The fraction of sp³-hybridized carbons (Fsp3) is 0.500. The van der Waals surface area contributed by atoms with Crippen LogP contribution in [0.15, 0.2) is 16.6 Å². The maximum atomic E-state index is 11.8. The molecule has 2 nitrogen and oxygen atoms in total. The molecule has 1 amide bonds. The number of carbonyl (C=O) groups excluding carboxylic acids is 1. The molecule has 1 atom stereocenters. The Morgan fingerprint density at radius 2 is 1.88 bits per heavy atom. The van der Waals surface area contributed by atoms with Gasteiger partial charge in [0.2, 0.25) is 5.91 Å². The van der Waals surface area contributed by atoms with E-state index in [0.29, 0.717) is 12.3 Å². The summed E-state index contributed by atoms with van der Waals surface area (Å²) < 4.78 is 1.11. The maximum absolute atomic E-state index is 11.8. The maximum Gasteiger partial charge on any atom is 0.224 e. The Morgan fingerprint density at radius 3 is 2.35 bits per heavy atom. The van der Waals surface area contributed by atoms with Crippen LogP contribution in [0.1, 0.15) is 37.8 Å². The van der Waals surface area contributed by atoms with Crippen LogP contribution in [0, 0.1) is 19.8 Å². The normalized spacial score (nSPS) is 12.3. The van der Waals surface area contributed by atoms with Crippen LogP contribution in [0.25, 0.3) is 0 Å². The molecular weight excluding hydrogens is 278 g/mol. The zero-order valence-corrected chi connectivity index (χ0v) is 12.5. The van der Waals surface area contributed by atoms with E-state index in [1.807, 2.05) is 26.0 Å². The van der Waals surface area contributed by atoms with Gasteiger partial charge in [-0.05, 0) is 43.0 Å². The van der Waals surface area contributed by atoms with Gasteiger partial charge in [0.05, 0.1) is 0 Å². The fourth-order valence-electron chi connectivity index (χ4n) is 1.69. The Kier molecular flexibility index (Phi) is 5.19. The molecule has 0 aromatic heterocycles. The van der Waals surface area contributed by atoms with E-state index in [9.17, 15) is 4.79 Å². The highest BCUT2D eigenvalue weighted by Gasteiger charge is 2.09. The van der Waals surface area contributed by atoms with Crippen LogP contribution in [0.3, 0.4) is 0 Å². The minimum absolute atomic E-state index is 0.0977. The summed E-state index contributed by atoms with van der Waals surface area (Å²) >= 11 is 3.52. The number of hydrogen-bond donors (Lipinski definition) is 1. The quantitative estimate of drug-likeness (QED) is 0.874. The first-order chi connectivity index (χ1) is 7.93. The second-order valence-electron chi connectivity index (χ2n) is 4.69. The summed E-state index contributed by atoms with van der Waals surface area (Å²) in [5.74, 6) is 0.535. The summed E-state index contributed by atoms with van der Waals surface area (Å²) in [5.41, 5.74) is 3.17. The molecule has 1 rings (SSSR count). The van der Waals surface area contributed by atoms with Crippen LogP contribution in [0.5, 0.6) is 0 Å². The van der Waals surface area contributed by atoms with E-state index in [2.05, 4.69) is 35.1 Å². The van der Waals surface area contributed by atoms with Crippen molar-refractivity contribution >= 4 is 27.5 Å². The minimum Gasteiger partial charge on any atom is -0.326 e. The summed E-state index contributed by atoms with van der Waals surface area (Å²) in [7, 11) is 0. The summed E-state index contributed by atoms with van der Waals surface area (Å²) in [4.78, 5) is 11.8. The summed E-state index contributed by atoms with van der Waals surface area (Å²) in [6.07, 6.45) is 1.62. The number of hydrogen-bond acceptors (Lipinski definition) is 1. The predicted octanol–water partition coefficient (Wildman–Crippen LogP) is 4.44. The molecule has 0 aliphatic heterocycles. The zero-order valence-electron chi connectivity index (χ0n) is 10.9. The van der Waals surface area contributed by atoms with Crippen LogP contribution < -0.4 is 5.32 Å². The smallest absolute Gasteiger partial charge is 0.224 e. The lowest BCUT2D eigenvalue weighted by molar-refractivity contribution is -0.117. The molecule has 0 aliphatic rings. The van der Waals surface area contributed by atoms with Gasteiger partial charge in [-0.2, -0.15) is 0 Å². The highest BCUT2D eigenvalue weighted by molar-refractivity contribution is 9.10. The zero-order chi connectivity index (χ0) is 13.0. The molecule has 1 unspecified atom stereocenters. The predicted molar refractivity (Wildman–Crippen MR) is 76.3 cm³/mol. The summed E-state index contributed by atoms with van der Waals surface area (Å²) in [5, 5.41) is 2.96. The standard InChI is InChI=1S/C14H20BrNO/c1-5-9(2)6-13(17)16-12-7-10(3)14(15)11(4)8-12/h7-9H,5-6H2,1-4H3,(H,16,17). The molecule has 0 radical (unpaired) electrons. The van der Waals surface area contributed by atoms with Crippen molar-refractivity contribution in [2.75, 3.05) is 5.32 Å². The number of benzene rings is 1. The van der Waals surface area contributed by atoms with E-state index in [1.165, 1.54) is 0 Å². The Balaban J connectivity index is 2.72. The van der Waals surface area contributed by atoms with Gasteiger partial charge < -0.3 is 5.32 Å². The average Bonchev–Trinajstić information content (AvgIpc) is 2.25.